The third-order valence-corrected chi connectivity index (χ3v) is 8.42. The standard InChI is InChI=1S/C25H31F3N6O4S/c1-3-32(15-14-31-12-10-30(2)11-13-31)22-16-19(8-9-29-22)17-33-18-23(35)34(24(33)36)20-4-6-21(7-5-20)39(37,38)25(26,27)28/h4-9,16H,3,10-15,17-18H2,1-2H3. The van der Waals surface area contributed by atoms with Gasteiger partial charge in [0.05, 0.1) is 10.6 Å². The van der Waals surface area contributed by atoms with Crippen molar-refractivity contribution in [3.63, 3.8) is 0 Å². The van der Waals surface area contributed by atoms with Crippen LogP contribution in [0.25, 0.3) is 0 Å². The summed E-state index contributed by atoms with van der Waals surface area (Å²) in [4.78, 5) is 38.2. The van der Waals surface area contributed by atoms with E-state index in [0.29, 0.717) is 0 Å². The number of sulfone groups is 1. The van der Waals surface area contributed by atoms with E-state index in [0.717, 1.165) is 86.4 Å². The predicted molar refractivity (Wildman–Crippen MR) is 139 cm³/mol. The monoisotopic (exact) mass is 568 g/mol. The lowest BCUT2D eigenvalue weighted by Gasteiger charge is -2.34. The van der Waals surface area contributed by atoms with E-state index in [2.05, 4.69) is 26.7 Å². The smallest absolute Gasteiger partial charge is 0.356 e. The van der Waals surface area contributed by atoms with Crippen LogP contribution in [0.3, 0.4) is 0 Å². The average molecular weight is 569 g/mol. The van der Waals surface area contributed by atoms with Gasteiger partial charge in [0.15, 0.2) is 0 Å². The SMILES string of the molecule is CCN(CCN1CCN(C)CC1)c1cc(CN2CC(=O)N(c3ccc(S(=O)(=O)C(F)(F)F)cc3)C2=O)ccn1. The summed E-state index contributed by atoms with van der Waals surface area (Å²) in [5.41, 5.74) is -4.69. The number of halogens is 3. The van der Waals surface area contributed by atoms with Gasteiger partial charge in [0.2, 0.25) is 0 Å². The number of hydrogen-bond donors (Lipinski definition) is 0. The number of imide groups is 1. The number of benzene rings is 1. The molecule has 10 nitrogen and oxygen atoms in total. The molecule has 2 saturated heterocycles. The number of pyridine rings is 1. The van der Waals surface area contributed by atoms with Crippen molar-refractivity contribution >= 4 is 33.3 Å². The molecule has 3 amide bonds. The normalized spacial score (nSPS) is 17.8. The zero-order valence-electron chi connectivity index (χ0n) is 21.8. The van der Waals surface area contributed by atoms with Gasteiger partial charge in [0.1, 0.15) is 12.4 Å². The van der Waals surface area contributed by atoms with Crippen molar-refractivity contribution in [2.45, 2.75) is 23.9 Å². The van der Waals surface area contributed by atoms with Gasteiger partial charge < -0.3 is 14.7 Å². The van der Waals surface area contributed by atoms with Crippen molar-refractivity contribution in [1.29, 1.82) is 0 Å². The number of urea groups is 1. The third-order valence-electron chi connectivity index (χ3n) is 6.92. The van der Waals surface area contributed by atoms with E-state index in [1.807, 2.05) is 13.0 Å². The van der Waals surface area contributed by atoms with E-state index >= 15 is 0 Å². The molecule has 3 heterocycles. The van der Waals surface area contributed by atoms with Crippen LogP contribution in [-0.2, 0) is 21.2 Å². The fraction of sp³-hybridized carbons (Fsp3) is 0.480. The summed E-state index contributed by atoms with van der Waals surface area (Å²) >= 11 is 0. The van der Waals surface area contributed by atoms with Gasteiger partial charge in [-0.25, -0.2) is 23.1 Å². The number of alkyl halides is 3. The van der Waals surface area contributed by atoms with Crippen molar-refractivity contribution < 1.29 is 31.2 Å². The Hall–Kier alpha value is -3.23. The number of anilines is 2. The molecule has 39 heavy (non-hydrogen) atoms. The molecule has 4 rings (SSSR count). The van der Waals surface area contributed by atoms with Crippen LogP contribution in [0, 0.1) is 0 Å². The largest absolute Gasteiger partial charge is 0.501 e. The fourth-order valence-corrected chi connectivity index (χ4v) is 5.32. The zero-order valence-corrected chi connectivity index (χ0v) is 22.6. The second-order valence-corrected chi connectivity index (χ2v) is 11.5. The fourth-order valence-electron chi connectivity index (χ4n) is 4.56. The number of hydrogen-bond acceptors (Lipinski definition) is 8. The predicted octanol–water partition coefficient (Wildman–Crippen LogP) is 2.42. The number of nitrogens with zero attached hydrogens (tertiary/aromatic N) is 6. The molecule has 2 aliphatic rings. The first-order chi connectivity index (χ1) is 18.4. The van der Waals surface area contributed by atoms with Gasteiger partial charge >= 0.3 is 11.5 Å². The number of carbonyl (C=O) groups excluding carboxylic acids is 2. The van der Waals surface area contributed by atoms with E-state index in [-0.39, 0.29) is 18.8 Å². The van der Waals surface area contributed by atoms with Crippen molar-refractivity contribution in [3.8, 4) is 0 Å². The minimum absolute atomic E-state index is 0.00916. The van der Waals surface area contributed by atoms with E-state index in [1.165, 1.54) is 4.90 Å². The Bertz CT molecular complexity index is 1300. The van der Waals surface area contributed by atoms with Gasteiger partial charge in [-0.05, 0) is 55.9 Å². The van der Waals surface area contributed by atoms with E-state index in [9.17, 15) is 31.2 Å². The lowest BCUT2D eigenvalue weighted by atomic mass is 10.2. The number of amides is 3. The Morgan fingerprint density at radius 1 is 1.03 bits per heavy atom. The quantitative estimate of drug-likeness (QED) is 0.426. The van der Waals surface area contributed by atoms with Crippen LogP contribution in [-0.4, -0.2) is 105 Å². The number of piperazine rings is 1. The summed E-state index contributed by atoms with van der Waals surface area (Å²) in [7, 11) is -3.42. The van der Waals surface area contributed by atoms with Crippen LogP contribution < -0.4 is 9.80 Å². The number of carbonyl (C=O) groups is 2. The number of likely N-dealkylation sites (N-methyl/N-ethyl adjacent to an activating group) is 2. The Balaban J connectivity index is 1.42. The first-order valence-electron chi connectivity index (χ1n) is 12.5. The van der Waals surface area contributed by atoms with Crippen LogP contribution in [0.5, 0.6) is 0 Å². The highest BCUT2D eigenvalue weighted by Gasteiger charge is 2.47. The summed E-state index contributed by atoms with van der Waals surface area (Å²) in [5.74, 6) is 0.198. The molecule has 14 heteroatoms. The lowest BCUT2D eigenvalue weighted by Crippen LogP contribution is -2.47. The summed E-state index contributed by atoms with van der Waals surface area (Å²) in [6.07, 6.45) is 1.66. The van der Waals surface area contributed by atoms with E-state index in [1.54, 1.807) is 12.3 Å². The number of aromatic nitrogens is 1. The van der Waals surface area contributed by atoms with Gasteiger partial charge in [-0.2, -0.15) is 13.2 Å². The van der Waals surface area contributed by atoms with Gasteiger partial charge in [0, 0.05) is 58.6 Å². The maximum atomic E-state index is 13.0. The number of rotatable bonds is 9. The average Bonchev–Trinajstić information content (AvgIpc) is 3.17. The van der Waals surface area contributed by atoms with Crippen LogP contribution in [0.15, 0.2) is 47.5 Å². The summed E-state index contributed by atoms with van der Waals surface area (Å²) in [6.45, 7) is 8.52. The van der Waals surface area contributed by atoms with Crippen LogP contribution >= 0.6 is 0 Å². The minimum Gasteiger partial charge on any atom is -0.356 e. The van der Waals surface area contributed by atoms with Gasteiger partial charge in [-0.1, -0.05) is 0 Å². The molecule has 1 aromatic heterocycles. The van der Waals surface area contributed by atoms with Gasteiger partial charge in [0.25, 0.3) is 15.7 Å². The maximum absolute atomic E-state index is 13.0. The molecule has 0 radical (unpaired) electrons. The molecule has 0 atom stereocenters. The highest BCUT2D eigenvalue weighted by molar-refractivity contribution is 7.92. The van der Waals surface area contributed by atoms with Crippen molar-refractivity contribution in [2.24, 2.45) is 0 Å². The molecular formula is C25H31F3N6O4S. The van der Waals surface area contributed by atoms with E-state index < -0.39 is 32.2 Å². The molecule has 0 aliphatic carbocycles. The van der Waals surface area contributed by atoms with Crippen LogP contribution in [0.1, 0.15) is 12.5 Å². The second-order valence-electron chi connectivity index (χ2n) is 9.56. The summed E-state index contributed by atoms with van der Waals surface area (Å²) < 4.78 is 61.7. The second kappa shape index (κ2) is 11.5. The van der Waals surface area contributed by atoms with Crippen molar-refractivity contribution in [3.05, 3.63) is 48.2 Å². The summed E-state index contributed by atoms with van der Waals surface area (Å²) in [6, 6.07) is 6.49. The molecule has 0 N–H and O–H groups in total. The molecule has 0 saturated carbocycles. The highest BCUT2D eigenvalue weighted by atomic mass is 32.2. The third kappa shape index (κ3) is 6.34. The zero-order chi connectivity index (χ0) is 28.4. The van der Waals surface area contributed by atoms with Crippen molar-refractivity contribution in [1.82, 2.24) is 19.7 Å². The molecule has 2 fully saturated rings. The first kappa shape index (κ1) is 28.8. The molecule has 212 valence electrons. The molecule has 2 aromatic rings. The molecule has 0 bridgehead atoms. The molecular weight excluding hydrogens is 537 g/mol. The molecule has 0 spiro atoms. The highest BCUT2D eigenvalue weighted by Crippen LogP contribution is 2.32. The summed E-state index contributed by atoms with van der Waals surface area (Å²) in [5, 5.41) is 0. The Morgan fingerprint density at radius 3 is 2.31 bits per heavy atom. The Kier molecular flexibility index (Phi) is 8.47. The molecule has 1 aromatic carbocycles. The molecule has 2 aliphatic heterocycles. The Morgan fingerprint density at radius 2 is 1.69 bits per heavy atom. The lowest BCUT2D eigenvalue weighted by molar-refractivity contribution is -0.116. The van der Waals surface area contributed by atoms with Crippen molar-refractivity contribution in [2.75, 3.05) is 69.2 Å². The minimum atomic E-state index is -5.53. The first-order valence-corrected chi connectivity index (χ1v) is 14.0. The molecule has 0 unspecified atom stereocenters. The maximum Gasteiger partial charge on any atom is 0.501 e. The van der Waals surface area contributed by atoms with Crippen LogP contribution in [0.2, 0.25) is 0 Å². The topological polar surface area (TPSA) is 97.4 Å². The van der Waals surface area contributed by atoms with Crippen LogP contribution in [0.4, 0.5) is 29.5 Å². The van der Waals surface area contributed by atoms with Gasteiger partial charge in [-0.3, -0.25) is 9.69 Å². The Labute approximate surface area is 225 Å². The van der Waals surface area contributed by atoms with E-state index in [4.69, 9.17) is 0 Å². The van der Waals surface area contributed by atoms with Gasteiger partial charge in [-0.15, -0.1) is 0 Å².